The van der Waals surface area contributed by atoms with Crippen LogP contribution in [-0.2, 0) is 9.59 Å². The Bertz CT molecular complexity index is 1400. The van der Waals surface area contributed by atoms with Crippen LogP contribution in [0.15, 0.2) is 65.6 Å². The lowest BCUT2D eigenvalue weighted by Gasteiger charge is -2.17. The predicted octanol–water partition coefficient (Wildman–Crippen LogP) is 5.80. The highest BCUT2D eigenvalue weighted by atomic mass is 32.2. The lowest BCUT2D eigenvalue weighted by Crippen LogP contribution is -2.27. The van der Waals surface area contributed by atoms with Gasteiger partial charge in [-0.15, -0.1) is 0 Å². The monoisotopic (exact) mass is 547 g/mol. The number of thiocarbonyl (C=S) groups is 1. The first-order valence-electron chi connectivity index (χ1n) is 11.9. The number of methoxy groups -OCH3 is 1. The molecule has 38 heavy (non-hydrogen) atoms. The van der Waals surface area contributed by atoms with Crippen molar-refractivity contribution in [3.63, 3.8) is 0 Å². The normalized spacial score (nSPS) is 14.1. The molecule has 3 aromatic carbocycles. The molecule has 0 saturated carbocycles. The van der Waals surface area contributed by atoms with E-state index in [9.17, 15) is 9.59 Å². The third-order valence-electron chi connectivity index (χ3n) is 6.01. The van der Waals surface area contributed by atoms with E-state index < -0.39 is 0 Å². The molecule has 2 amide bonds. The van der Waals surface area contributed by atoms with Crippen LogP contribution in [0.1, 0.15) is 16.7 Å². The zero-order valence-corrected chi connectivity index (χ0v) is 23.5. The molecule has 0 bridgehead atoms. The number of rotatable bonds is 8. The lowest BCUT2D eigenvalue weighted by atomic mass is 10.1. The molecule has 0 atom stereocenters. The summed E-state index contributed by atoms with van der Waals surface area (Å²) in [5.41, 5.74) is 5.26. The third kappa shape index (κ3) is 6.00. The van der Waals surface area contributed by atoms with Gasteiger partial charge in [-0.05, 0) is 73.0 Å². The van der Waals surface area contributed by atoms with E-state index in [1.807, 2.05) is 75.3 Å². The Morgan fingerprint density at radius 1 is 1.05 bits per heavy atom. The summed E-state index contributed by atoms with van der Waals surface area (Å²) >= 11 is 6.75. The molecule has 3 aromatic rings. The molecule has 0 unspecified atom stereocenters. The van der Waals surface area contributed by atoms with Crippen LogP contribution in [-0.4, -0.2) is 43.9 Å². The van der Waals surface area contributed by atoms with Gasteiger partial charge in [-0.25, -0.2) is 0 Å². The van der Waals surface area contributed by atoms with Crippen molar-refractivity contribution in [1.29, 1.82) is 0 Å². The van der Waals surface area contributed by atoms with Crippen molar-refractivity contribution in [1.82, 2.24) is 0 Å². The topological polar surface area (TPSA) is 71.1 Å². The molecule has 0 aromatic heterocycles. The Hall–Kier alpha value is -3.82. The molecule has 1 saturated heterocycles. The summed E-state index contributed by atoms with van der Waals surface area (Å²) in [5, 5.41) is 2.91. The standard InChI is InChI=1S/C29H29N3O4S2/c1-18-7-6-8-19(2)27(18)30-26(33)17-36-23-14-9-20(15-24(23)35-5)16-25-28(34)32(29(37)38-25)22-12-10-21(11-13-22)31(3)4/h6-16H,17H2,1-5H3,(H,30,33)/b25-16-. The summed E-state index contributed by atoms with van der Waals surface area (Å²) < 4.78 is 11.7. The van der Waals surface area contributed by atoms with Gasteiger partial charge in [0.2, 0.25) is 0 Å². The van der Waals surface area contributed by atoms with Crippen molar-refractivity contribution in [3.8, 4) is 11.5 Å². The van der Waals surface area contributed by atoms with Crippen LogP contribution in [0.2, 0.25) is 0 Å². The van der Waals surface area contributed by atoms with Crippen molar-refractivity contribution in [2.24, 2.45) is 0 Å². The second-order valence-electron chi connectivity index (χ2n) is 8.94. The number of carbonyl (C=O) groups excluding carboxylic acids is 2. The summed E-state index contributed by atoms with van der Waals surface area (Å²) in [6.45, 7) is 3.72. The number of hydrogen-bond donors (Lipinski definition) is 1. The molecule has 1 heterocycles. The van der Waals surface area contributed by atoms with Crippen molar-refractivity contribution in [2.75, 3.05) is 42.9 Å². The SMILES string of the molecule is COc1cc(/C=C2\SC(=S)N(c3ccc(N(C)C)cc3)C2=O)ccc1OCC(=O)Nc1c(C)cccc1C. The summed E-state index contributed by atoms with van der Waals surface area (Å²) in [6, 6.07) is 18.8. The molecule has 1 N–H and O–H groups in total. The van der Waals surface area contributed by atoms with Crippen LogP contribution < -0.4 is 24.6 Å². The summed E-state index contributed by atoms with van der Waals surface area (Å²) in [4.78, 5) is 29.7. The maximum atomic E-state index is 13.2. The van der Waals surface area contributed by atoms with Gasteiger partial charge < -0.3 is 19.7 Å². The highest BCUT2D eigenvalue weighted by molar-refractivity contribution is 8.27. The average Bonchev–Trinajstić information content (AvgIpc) is 3.17. The smallest absolute Gasteiger partial charge is 0.270 e. The molecule has 4 rings (SSSR count). The largest absolute Gasteiger partial charge is 0.493 e. The Kier molecular flexibility index (Phi) is 8.38. The van der Waals surface area contributed by atoms with Crippen LogP contribution in [0.5, 0.6) is 11.5 Å². The first kappa shape index (κ1) is 27.2. The fourth-order valence-corrected chi connectivity index (χ4v) is 5.26. The Morgan fingerprint density at radius 3 is 2.37 bits per heavy atom. The molecule has 1 aliphatic rings. The Balaban J connectivity index is 1.45. The summed E-state index contributed by atoms with van der Waals surface area (Å²) in [7, 11) is 5.45. The fourth-order valence-electron chi connectivity index (χ4n) is 3.97. The minimum absolute atomic E-state index is 0.172. The number of anilines is 3. The number of thioether (sulfide) groups is 1. The minimum Gasteiger partial charge on any atom is -0.493 e. The molecule has 0 radical (unpaired) electrons. The van der Waals surface area contributed by atoms with Crippen molar-refractivity contribution >= 4 is 63.3 Å². The van der Waals surface area contributed by atoms with Crippen LogP contribution >= 0.6 is 24.0 Å². The van der Waals surface area contributed by atoms with E-state index in [1.165, 1.54) is 23.8 Å². The van der Waals surface area contributed by atoms with E-state index >= 15 is 0 Å². The zero-order chi connectivity index (χ0) is 27.4. The first-order chi connectivity index (χ1) is 18.2. The Morgan fingerprint density at radius 2 is 1.74 bits per heavy atom. The van der Waals surface area contributed by atoms with E-state index in [0.717, 1.165) is 33.8 Å². The molecule has 0 spiro atoms. The lowest BCUT2D eigenvalue weighted by molar-refractivity contribution is -0.118. The number of hydrogen-bond acceptors (Lipinski definition) is 7. The van der Waals surface area contributed by atoms with E-state index in [2.05, 4.69) is 5.32 Å². The van der Waals surface area contributed by atoms with E-state index in [1.54, 1.807) is 24.3 Å². The molecule has 9 heteroatoms. The number of nitrogens with one attached hydrogen (secondary N) is 1. The maximum Gasteiger partial charge on any atom is 0.270 e. The maximum absolute atomic E-state index is 13.2. The number of nitrogens with zero attached hydrogens (tertiary/aromatic N) is 2. The van der Waals surface area contributed by atoms with E-state index in [-0.39, 0.29) is 18.4 Å². The molecule has 196 valence electrons. The van der Waals surface area contributed by atoms with Crippen molar-refractivity contribution in [2.45, 2.75) is 13.8 Å². The van der Waals surface area contributed by atoms with Crippen LogP contribution in [0.4, 0.5) is 17.1 Å². The van der Waals surface area contributed by atoms with E-state index in [0.29, 0.717) is 20.7 Å². The van der Waals surface area contributed by atoms with Gasteiger partial charge in [-0.3, -0.25) is 14.5 Å². The molecule has 1 aliphatic heterocycles. The highest BCUT2D eigenvalue weighted by Gasteiger charge is 2.33. The number of ether oxygens (including phenoxy) is 2. The van der Waals surface area contributed by atoms with Crippen LogP contribution in [0.25, 0.3) is 6.08 Å². The second kappa shape index (κ2) is 11.7. The number of aryl methyl sites for hydroxylation is 2. The highest BCUT2D eigenvalue weighted by Crippen LogP contribution is 2.37. The van der Waals surface area contributed by atoms with Crippen molar-refractivity contribution in [3.05, 3.63) is 82.3 Å². The Labute approximate surface area is 232 Å². The van der Waals surface area contributed by atoms with Crippen LogP contribution in [0, 0.1) is 13.8 Å². The van der Waals surface area contributed by atoms with Gasteiger partial charge in [0.25, 0.3) is 11.8 Å². The number of carbonyl (C=O) groups is 2. The van der Waals surface area contributed by atoms with Gasteiger partial charge in [0.15, 0.2) is 22.4 Å². The third-order valence-corrected chi connectivity index (χ3v) is 7.31. The van der Waals surface area contributed by atoms with Gasteiger partial charge in [-0.1, -0.05) is 48.2 Å². The first-order valence-corrected chi connectivity index (χ1v) is 13.1. The molecule has 0 aliphatic carbocycles. The number of amides is 2. The quantitative estimate of drug-likeness (QED) is 0.282. The summed E-state index contributed by atoms with van der Waals surface area (Å²) in [5.74, 6) is 0.430. The number of benzene rings is 3. The van der Waals surface area contributed by atoms with Crippen LogP contribution in [0.3, 0.4) is 0 Å². The minimum atomic E-state index is -0.268. The van der Waals surface area contributed by atoms with Gasteiger partial charge in [0, 0.05) is 25.5 Å². The van der Waals surface area contributed by atoms with Gasteiger partial charge >= 0.3 is 0 Å². The predicted molar refractivity (Wildman–Crippen MR) is 159 cm³/mol. The summed E-state index contributed by atoms with van der Waals surface area (Å²) in [6.07, 6.45) is 1.77. The second-order valence-corrected chi connectivity index (χ2v) is 10.6. The molecule has 7 nitrogen and oxygen atoms in total. The average molecular weight is 548 g/mol. The van der Waals surface area contributed by atoms with Gasteiger partial charge in [-0.2, -0.15) is 0 Å². The van der Waals surface area contributed by atoms with Gasteiger partial charge in [0.05, 0.1) is 17.7 Å². The molecular formula is C29H29N3O4S2. The van der Waals surface area contributed by atoms with Crippen molar-refractivity contribution < 1.29 is 19.1 Å². The molecular weight excluding hydrogens is 518 g/mol. The van der Waals surface area contributed by atoms with Gasteiger partial charge in [0.1, 0.15) is 0 Å². The zero-order valence-electron chi connectivity index (χ0n) is 21.9. The van der Waals surface area contributed by atoms with E-state index in [4.69, 9.17) is 21.7 Å². The fraction of sp³-hybridized carbons (Fsp3) is 0.207. The molecule has 1 fully saturated rings. The number of para-hydroxylation sites is 1.